The number of benzene rings is 2. The van der Waals surface area contributed by atoms with Crippen LogP contribution < -0.4 is 19.7 Å². The van der Waals surface area contributed by atoms with Crippen molar-refractivity contribution < 1.29 is 34.1 Å². The molecule has 2 aromatic rings. The number of rotatable bonds is 5. The van der Waals surface area contributed by atoms with Crippen LogP contribution in [0, 0.1) is 5.92 Å². The largest absolute Gasteiger partial charge is 0.543 e. The van der Waals surface area contributed by atoms with Gasteiger partial charge in [0.15, 0.2) is 17.3 Å². The number of hydrogen-bond acceptors (Lipinski definition) is 8. The van der Waals surface area contributed by atoms with Crippen molar-refractivity contribution in [1.82, 2.24) is 4.90 Å². The van der Waals surface area contributed by atoms with E-state index < -0.39 is 11.9 Å². The summed E-state index contributed by atoms with van der Waals surface area (Å²) in [5, 5.41) is 17.9. The first kappa shape index (κ1) is 23.3. The second-order valence-electron chi connectivity index (χ2n) is 7.86. The van der Waals surface area contributed by atoms with Crippen molar-refractivity contribution in [3.63, 3.8) is 0 Å². The third-order valence-electron chi connectivity index (χ3n) is 5.60. The first-order valence-corrected chi connectivity index (χ1v) is 10.5. The van der Waals surface area contributed by atoms with Crippen molar-refractivity contribution in [1.29, 1.82) is 0 Å². The highest BCUT2D eigenvalue weighted by molar-refractivity contribution is 6.25. The minimum atomic E-state index is -2.19. The molecule has 0 aromatic heterocycles. The molecule has 2 aromatic carbocycles. The first-order valence-electron chi connectivity index (χ1n) is 10.5. The van der Waals surface area contributed by atoms with E-state index in [0.717, 1.165) is 25.4 Å². The normalized spacial score (nSPS) is 19.5. The number of carboxylic acids is 2. The molecule has 0 spiro atoms. The van der Waals surface area contributed by atoms with Crippen molar-refractivity contribution in [2.75, 3.05) is 32.8 Å². The highest BCUT2D eigenvalue weighted by atomic mass is 16.6. The Bertz CT molecular complexity index is 948. The van der Waals surface area contributed by atoms with Gasteiger partial charge in [-0.05, 0) is 29.7 Å². The molecule has 2 heterocycles. The average Bonchev–Trinajstić information content (AvgIpc) is 3.18. The van der Waals surface area contributed by atoms with Crippen LogP contribution in [-0.2, 0) is 9.59 Å². The molecule has 4 rings (SSSR count). The summed E-state index contributed by atoms with van der Waals surface area (Å²) in [6.07, 6.45) is 0.536. The van der Waals surface area contributed by atoms with Crippen LogP contribution in [0.3, 0.4) is 0 Å². The Labute approximate surface area is 186 Å². The standard InChI is InChI=1S/C22H25NO3.C2H2O4/c1-16-14-23(15-19(16)17-5-3-2-4-6-17)10-9-20(24)18-7-8-21-22(13-18)26-12-11-25-21;3-1(4)2(5)6/h2-8,13,16,19H,9-12,14-15H2,1H3;(H,3,4)(H,5,6)/p-2. The number of nitrogens with zero attached hydrogens (tertiary/aromatic N) is 1. The summed E-state index contributed by atoms with van der Waals surface area (Å²) in [4.78, 5) is 32.9. The van der Waals surface area contributed by atoms with Crippen molar-refractivity contribution >= 4 is 17.7 Å². The lowest BCUT2D eigenvalue weighted by molar-refractivity contribution is -0.345. The Morgan fingerprint density at radius 3 is 2.25 bits per heavy atom. The number of Topliss-reactive ketones (excluding diaryl/α,β-unsaturated/α-hetero) is 1. The highest BCUT2D eigenvalue weighted by Crippen LogP contribution is 2.33. The van der Waals surface area contributed by atoms with Gasteiger partial charge in [0.2, 0.25) is 0 Å². The zero-order chi connectivity index (χ0) is 23.1. The fraction of sp³-hybridized carbons (Fsp3) is 0.375. The summed E-state index contributed by atoms with van der Waals surface area (Å²) in [6.45, 7) is 6.29. The molecule has 0 bridgehead atoms. The summed E-state index contributed by atoms with van der Waals surface area (Å²) in [5.41, 5.74) is 2.11. The minimum absolute atomic E-state index is 0.165. The lowest BCUT2D eigenvalue weighted by Gasteiger charge is -2.19. The minimum Gasteiger partial charge on any atom is -0.543 e. The molecular weight excluding hydrogens is 414 g/mol. The summed E-state index contributed by atoms with van der Waals surface area (Å²) in [6, 6.07) is 16.2. The van der Waals surface area contributed by atoms with Crippen molar-refractivity contribution in [2.24, 2.45) is 5.92 Å². The van der Waals surface area contributed by atoms with Gasteiger partial charge in [-0.1, -0.05) is 37.3 Å². The topological polar surface area (TPSA) is 119 Å². The molecule has 1 saturated heterocycles. The molecule has 2 unspecified atom stereocenters. The Morgan fingerprint density at radius 2 is 1.59 bits per heavy atom. The number of ether oxygens (including phenoxy) is 2. The summed E-state index contributed by atoms with van der Waals surface area (Å²) < 4.78 is 11.1. The van der Waals surface area contributed by atoms with Crippen molar-refractivity contribution in [3.8, 4) is 11.5 Å². The van der Waals surface area contributed by atoms with E-state index in [9.17, 15) is 4.79 Å². The van der Waals surface area contributed by atoms with Crippen LogP contribution in [0.5, 0.6) is 11.5 Å². The summed E-state index contributed by atoms with van der Waals surface area (Å²) >= 11 is 0. The zero-order valence-electron chi connectivity index (χ0n) is 17.8. The molecule has 0 amide bonds. The molecule has 0 aliphatic carbocycles. The van der Waals surface area contributed by atoms with Crippen LogP contribution in [0.4, 0.5) is 0 Å². The number of carbonyl (C=O) groups is 3. The van der Waals surface area contributed by atoms with Gasteiger partial charge in [0.1, 0.15) is 13.2 Å². The second-order valence-corrected chi connectivity index (χ2v) is 7.86. The number of carbonyl (C=O) groups excluding carboxylic acids is 3. The quantitative estimate of drug-likeness (QED) is 0.481. The third kappa shape index (κ3) is 6.07. The van der Waals surface area contributed by atoms with Crippen LogP contribution >= 0.6 is 0 Å². The average molecular weight is 439 g/mol. The fourth-order valence-electron chi connectivity index (χ4n) is 4.00. The lowest BCUT2D eigenvalue weighted by atomic mass is 9.90. The monoisotopic (exact) mass is 439 g/mol. The Kier molecular flexibility index (Phi) is 7.83. The van der Waals surface area contributed by atoms with Gasteiger partial charge in [0.05, 0.1) is 11.9 Å². The van der Waals surface area contributed by atoms with E-state index in [1.165, 1.54) is 5.56 Å². The molecular formula is C24H25NO7-2. The maximum atomic E-state index is 12.6. The molecule has 0 N–H and O–H groups in total. The molecule has 0 radical (unpaired) electrons. The Hall–Kier alpha value is -3.39. The number of carboxylic acid groups (broad SMARTS) is 2. The first-order chi connectivity index (χ1) is 15.3. The van der Waals surface area contributed by atoms with Gasteiger partial charge in [-0.15, -0.1) is 0 Å². The van der Waals surface area contributed by atoms with Gasteiger partial charge in [0, 0.05) is 37.5 Å². The molecule has 2 aliphatic heterocycles. The van der Waals surface area contributed by atoms with Crippen molar-refractivity contribution in [2.45, 2.75) is 19.3 Å². The predicted molar refractivity (Wildman–Crippen MR) is 111 cm³/mol. The van der Waals surface area contributed by atoms with Gasteiger partial charge in [-0.25, -0.2) is 0 Å². The Balaban J connectivity index is 0.000000427. The number of fused-ring (bicyclic) bond motifs is 1. The van der Waals surface area contributed by atoms with Crippen LogP contribution in [0.2, 0.25) is 0 Å². The number of hydrogen-bond donors (Lipinski definition) is 0. The van der Waals surface area contributed by atoms with Crippen LogP contribution in [0.15, 0.2) is 48.5 Å². The molecule has 8 heteroatoms. The molecule has 8 nitrogen and oxygen atoms in total. The SMILES string of the molecule is CC1CN(CCC(=O)c2ccc3c(c2)OCCO3)CC1c1ccccc1.O=C([O-])C(=O)[O-]. The highest BCUT2D eigenvalue weighted by Gasteiger charge is 2.30. The van der Waals surface area contributed by atoms with E-state index in [2.05, 4.69) is 42.2 Å². The van der Waals surface area contributed by atoms with Crippen LogP contribution in [0.25, 0.3) is 0 Å². The number of likely N-dealkylation sites (tertiary alicyclic amines) is 1. The second kappa shape index (κ2) is 10.8. The fourth-order valence-corrected chi connectivity index (χ4v) is 4.00. The zero-order valence-corrected chi connectivity index (χ0v) is 17.8. The van der Waals surface area contributed by atoms with Gasteiger partial charge in [-0.3, -0.25) is 4.79 Å². The van der Waals surface area contributed by atoms with Crippen LogP contribution in [-0.4, -0.2) is 55.5 Å². The van der Waals surface area contributed by atoms with E-state index in [-0.39, 0.29) is 5.78 Å². The summed E-state index contributed by atoms with van der Waals surface area (Å²) in [7, 11) is 0. The number of aliphatic carboxylic acids is 2. The van der Waals surface area contributed by atoms with E-state index in [0.29, 0.717) is 42.8 Å². The maximum absolute atomic E-state index is 12.6. The molecule has 32 heavy (non-hydrogen) atoms. The third-order valence-corrected chi connectivity index (χ3v) is 5.60. The summed E-state index contributed by atoms with van der Waals surface area (Å²) in [5.74, 6) is -1.63. The smallest absolute Gasteiger partial charge is 0.164 e. The van der Waals surface area contributed by atoms with Gasteiger partial charge in [0.25, 0.3) is 0 Å². The molecule has 1 fully saturated rings. The molecule has 2 atom stereocenters. The lowest BCUT2D eigenvalue weighted by Crippen LogP contribution is -2.42. The van der Waals surface area contributed by atoms with E-state index in [1.54, 1.807) is 0 Å². The molecule has 0 saturated carbocycles. The van der Waals surface area contributed by atoms with Crippen LogP contribution in [0.1, 0.15) is 35.2 Å². The molecule has 170 valence electrons. The maximum Gasteiger partial charge on any atom is 0.164 e. The number of ketones is 1. The van der Waals surface area contributed by atoms with Gasteiger partial charge in [-0.2, -0.15) is 0 Å². The molecule has 2 aliphatic rings. The van der Waals surface area contributed by atoms with E-state index in [4.69, 9.17) is 29.3 Å². The van der Waals surface area contributed by atoms with Gasteiger partial charge < -0.3 is 34.2 Å². The van der Waals surface area contributed by atoms with E-state index in [1.807, 2.05) is 18.2 Å². The van der Waals surface area contributed by atoms with E-state index >= 15 is 0 Å². The Morgan fingerprint density at radius 1 is 0.938 bits per heavy atom. The van der Waals surface area contributed by atoms with Gasteiger partial charge >= 0.3 is 0 Å². The predicted octanol–water partition coefficient (Wildman–Crippen LogP) is 0.252. The van der Waals surface area contributed by atoms with Crippen molar-refractivity contribution in [3.05, 3.63) is 59.7 Å².